The van der Waals surface area contributed by atoms with E-state index in [0.29, 0.717) is 0 Å². The maximum absolute atomic E-state index is 4.21. The molecule has 1 fully saturated rings. The SMILES string of the molecule is CC1CCCCC1NCCN(C)Cc1cnn(C)c1. The predicted octanol–water partition coefficient (Wildman–Crippen LogP) is 2.02. The maximum Gasteiger partial charge on any atom is 0.0534 e. The Morgan fingerprint density at radius 1 is 1.42 bits per heavy atom. The van der Waals surface area contributed by atoms with E-state index >= 15 is 0 Å². The largest absolute Gasteiger partial charge is 0.312 e. The number of nitrogens with zero attached hydrogens (tertiary/aromatic N) is 3. The highest BCUT2D eigenvalue weighted by Gasteiger charge is 2.20. The van der Waals surface area contributed by atoms with Crippen molar-refractivity contribution < 1.29 is 0 Å². The number of hydrogen-bond acceptors (Lipinski definition) is 3. The molecule has 0 radical (unpaired) electrons. The van der Waals surface area contributed by atoms with E-state index in [-0.39, 0.29) is 0 Å². The molecule has 0 bridgehead atoms. The molecule has 4 nitrogen and oxygen atoms in total. The molecule has 0 amide bonds. The molecule has 2 unspecified atom stereocenters. The van der Waals surface area contributed by atoms with Gasteiger partial charge in [0, 0.05) is 44.5 Å². The Labute approximate surface area is 117 Å². The third kappa shape index (κ3) is 4.62. The van der Waals surface area contributed by atoms with Crippen molar-refractivity contribution in [3.05, 3.63) is 18.0 Å². The van der Waals surface area contributed by atoms with E-state index in [1.165, 1.54) is 31.2 Å². The monoisotopic (exact) mass is 264 g/mol. The van der Waals surface area contributed by atoms with Gasteiger partial charge in [-0.25, -0.2) is 0 Å². The lowest BCUT2D eigenvalue weighted by Crippen LogP contribution is -2.40. The molecule has 1 saturated carbocycles. The van der Waals surface area contributed by atoms with Crippen LogP contribution in [0.1, 0.15) is 38.2 Å². The van der Waals surface area contributed by atoms with Crippen LogP contribution < -0.4 is 5.32 Å². The van der Waals surface area contributed by atoms with Gasteiger partial charge in [-0.1, -0.05) is 19.8 Å². The van der Waals surface area contributed by atoms with Gasteiger partial charge in [-0.2, -0.15) is 5.10 Å². The molecule has 1 aliphatic rings. The topological polar surface area (TPSA) is 33.1 Å². The van der Waals surface area contributed by atoms with Crippen LogP contribution in [-0.4, -0.2) is 40.9 Å². The molecular weight excluding hydrogens is 236 g/mol. The molecule has 2 rings (SSSR count). The van der Waals surface area contributed by atoms with Gasteiger partial charge in [0.05, 0.1) is 6.20 Å². The number of rotatable bonds is 6. The van der Waals surface area contributed by atoms with Gasteiger partial charge < -0.3 is 10.2 Å². The van der Waals surface area contributed by atoms with E-state index in [2.05, 4.69) is 35.5 Å². The van der Waals surface area contributed by atoms with Crippen LogP contribution in [0.3, 0.4) is 0 Å². The number of aryl methyl sites for hydroxylation is 1. The summed E-state index contributed by atoms with van der Waals surface area (Å²) < 4.78 is 1.87. The van der Waals surface area contributed by atoms with Gasteiger partial charge in [0.25, 0.3) is 0 Å². The summed E-state index contributed by atoms with van der Waals surface area (Å²) in [5, 5.41) is 7.94. The van der Waals surface area contributed by atoms with Gasteiger partial charge in [-0.15, -0.1) is 0 Å². The first kappa shape index (κ1) is 14.5. The van der Waals surface area contributed by atoms with Crippen molar-refractivity contribution in [2.24, 2.45) is 13.0 Å². The average Bonchev–Trinajstić information content (AvgIpc) is 2.77. The molecule has 108 valence electrons. The van der Waals surface area contributed by atoms with E-state index in [1.54, 1.807) is 0 Å². The summed E-state index contributed by atoms with van der Waals surface area (Å²) in [5.41, 5.74) is 1.29. The minimum Gasteiger partial charge on any atom is -0.312 e. The van der Waals surface area contributed by atoms with E-state index in [9.17, 15) is 0 Å². The van der Waals surface area contributed by atoms with E-state index in [0.717, 1.165) is 31.6 Å². The summed E-state index contributed by atoms with van der Waals surface area (Å²) in [6.07, 6.45) is 9.60. The van der Waals surface area contributed by atoms with Crippen molar-refractivity contribution in [1.82, 2.24) is 20.0 Å². The molecule has 0 spiro atoms. The highest BCUT2D eigenvalue weighted by molar-refractivity contribution is 5.02. The lowest BCUT2D eigenvalue weighted by atomic mass is 9.86. The van der Waals surface area contributed by atoms with Crippen molar-refractivity contribution in [2.45, 2.75) is 45.2 Å². The van der Waals surface area contributed by atoms with Crippen molar-refractivity contribution in [1.29, 1.82) is 0 Å². The molecule has 0 saturated heterocycles. The number of likely N-dealkylation sites (N-methyl/N-ethyl adjacent to an activating group) is 1. The molecule has 1 aliphatic carbocycles. The summed E-state index contributed by atoms with van der Waals surface area (Å²) in [6.45, 7) is 5.55. The first-order chi connectivity index (χ1) is 9.15. The maximum atomic E-state index is 4.21. The summed E-state index contributed by atoms with van der Waals surface area (Å²) in [4.78, 5) is 2.36. The van der Waals surface area contributed by atoms with Crippen LogP contribution in [0.25, 0.3) is 0 Å². The third-order valence-electron chi connectivity index (χ3n) is 4.22. The number of aromatic nitrogens is 2. The van der Waals surface area contributed by atoms with Gasteiger partial charge in [-0.3, -0.25) is 4.68 Å². The van der Waals surface area contributed by atoms with Crippen LogP contribution in [-0.2, 0) is 13.6 Å². The Kier molecular flexibility index (Phi) is 5.40. The van der Waals surface area contributed by atoms with Gasteiger partial charge >= 0.3 is 0 Å². The summed E-state index contributed by atoms with van der Waals surface area (Å²) in [7, 11) is 4.15. The van der Waals surface area contributed by atoms with E-state index in [4.69, 9.17) is 0 Å². The molecule has 1 heterocycles. The molecule has 0 aliphatic heterocycles. The Morgan fingerprint density at radius 2 is 2.21 bits per heavy atom. The van der Waals surface area contributed by atoms with Gasteiger partial charge in [-0.05, 0) is 25.8 Å². The first-order valence-corrected chi connectivity index (χ1v) is 7.54. The smallest absolute Gasteiger partial charge is 0.0534 e. The van der Waals surface area contributed by atoms with Crippen LogP contribution in [0, 0.1) is 5.92 Å². The fourth-order valence-electron chi connectivity index (χ4n) is 3.00. The van der Waals surface area contributed by atoms with Crippen molar-refractivity contribution in [2.75, 3.05) is 20.1 Å². The normalized spacial score (nSPS) is 24.0. The molecule has 4 heteroatoms. The van der Waals surface area contributed by atoms with Gasteiger partial charge in [0.1, 0.15) is 0 Å². The molecule has 0 aromatic carbocycles. The van der Waals surface area contributed by atoms with E-state index in [1.807, 2.05) is 17.9 Å². The van der Waals surface area contributed by atoms with Crippen LogP contribution in [0.4, 0.5) is 0 Å². The highest BCUT2D eigenvalue weighted by Crippen LogP contribution is 2.23. The summed E-state index contributed by atoms with van der Waals surface area (Å²) in [5.74, 6) is 0.845. The lowest BCUT2D eigenvalue weighted by Gasteiger charge is -2.30. The van der Waals surface area contributed by atoms with Crippen LogP contribution in [0.5, 0.6) is 0 Å². The van der Waals surface area contributed by atoms with Gasteiger partial charge in [0.15, 0.2) is 0 Å². The van der Waals surface area contributed by atoms with Crippen molar-refractivity contribution in [3.8, 4) is 0 Å². The van der Waals surface area contributed by atoms with Crippen LogP contribution >= 0.6 is 0 Å². The zero-order chi connectivity index (χ0) is 13.7. The first-order valence-electron chi connectivity index (χ1n) is 7.54. The van der Waals surface area contributed by atoms with Crippen molar-refractivity contribution >= 4 is 0 Å². The van der Waals surface area contributed by atoms with Crippen LogP contribution in [0.2, 0.25) is 0 Å². The highest BCUT2D eigenvalue weighted by atomic mass is 15.2. The standard InChI is InChI=1S/C15H28N4/c1-13-6-4-5-7-15(13)16-8-9-18(2)11-14-10-17-19(3)12-14/h10,12-13,15-16H,4-9,11H2,1-3H3. The fourth-order valence-corrected chi connectivity index (χ4v) is 3.00. The second-order valence-electron chi connectivity index (χ2n) is 6.08. The Balaban J connectivity index is 1.64. The predicted molar refractivity (Wildman–Crippen MR) is 79.0 cm³/mol. The summed E-state index contributed by atoms with van der Waals surface area (Å²) >= 11 is 0. The quantitative estimate of drug-likeness (QED) is 0.853. The molecule has 19 heavy (non-hydrogen) atoms. The molecule has 1 N–H and O–H groups in total. The zero-order valence-corrected chi connectivity index (χ0v) is 12.6. The summed E-state index contributed by atoms with van der Waals surface area (Å²) in [6, 6.07) is 0.737. The molecule has 2 atom stereocenters. The average molecular weight is 264 g/mol. The second-order valence-corrected chi connectivity index (χ2v) is 6.08. The minimum atomic E-state index is 0.737. The Hall–Kier alpha value is -0.870. The number of hydrogen-bond donors (Lipinski definition) is 1. The molecular formula is C15H28N4. The number of nitrogens with one attached hydrogen (secondary N) is 1. The fraction of sp³-hybridized carbons (Fsp3) is 0.800. The molecule has 1 aromatic heterocycles. The van der Waals surface area contributed by atoms with E-state index < -0.39 is 0 Å². The third-order valence-corrected chi connectivity index (χ3v) is 4.22. The van der Waals surface area contributed by atoms with Crippen molar-refractivity contribution in [3.63, 3.8) is 0 Å². The van der Waals surface area contributed by atoms with Crippen LogP contribution in [0.15, 0.2) is 12.4 Å². The molecule has 1 aromatic rings. The Bertz CT molecular complexity index is 374. The second kappa shape index (κ2) is 7.06. The lowest BCUT2D eigenvalue weighted by molar-refractivity contribution is 0.258. The van der Waals surface area contributed by atoms with Gasteiger partial charge in [0.2, 0.25) is 0 Å². The minimum absolute atomic E-state index is 0.737. The zero-order valence-electron chi connectivity index (χ0n) is 12.6. The Morgan fingerprint density at radius 3 is 2.89 bits per heavy atom.